The van der Waals surface area contributed by atoms with Crippen molar-refractivity contribution in [1.29, 1.82) is 0 Å². The third kappa shape index (κ3) is 58.5. The smallest absolute Gasteiger partial charge is 0.306 e. The quantitative estimate of drug-likeness (QED) is 0.0261. The lowest BCUT2D eigenvalue weighted by atomic mass is 10.0. The summed E-state index contributed by atoms with van der Waals surface area (Å²) in [5.41, 5.74) is 0. The van der Waals surface area contributed by atoms with Gasteiger partial charge in [-0.1, -0.05) is 314 Å². The molecule has 0 radical (unpaired) electrons. The fraction of sp³-hybridized carbons (Fsp3) is 0.864. The fourth-order valence-corrected chi connectivity index (χ4v) is 9.64. The zero-order valence-electron chi connectivity index (χ0n) is 48.5. The van der Waals surface area contributed by atoms with Crippen molar-refractivity contribution in [3.05, 3.63) is 36.5 Å². The molecule has 0 rings (SSSR count). The van der Waals surface area contributed by atoms with Gasteiger partial charge in [0.25, 0.3) is 0 Å². The summed E-state index contributed by atoms with van der Waals surface area (Å²) in [6.07, 6.45) is 74.4. The molecule has 0 amide bonds. The number of carbonyl (C=O) groups is 3. The third-order valence-electron chi connectivity index (χ3n) is 14.4. The first-order valence-corrected chi connectivity index (χ1v) is 32.0. The van der Waals surface area contributed by atoms with Gasteiger partial charge in [0.1, 0.15) is 13.2 Å². The van der Waals surface area contributed by atoms with Crippen molar-refractivity contribution in [2.75, 3.05) is 13.2 Å². The van der Waals surface area contributed by atoms with Crippen LogP contribution in [0, 0.1) is 0 Å². The second kappa shape index (κ2) is 61.2. The van der Waals surface area contributed by atoms with Gasteiger partial charge in [-0.15, -0.1) is 0 Å². The molecule has 0 aliphatic heterocycles. The van der Waals surface area contributed by atoms with E-state index >= 15 is 0 Å². The van der Waals surface area contributed by atoms with Gasteiger partial charge in [0.15, 0.2) is 6.10 Å². The molecule has 0 fully saturated rings. The van der Waals surface area contributed by atoms with E-state index in [0.717, 1.165) is 83.5 Å². The molecule has 0 saturated carbocycles. The van der Waals surface area contributed by atoms with Crippen molar-refractivity contribution in [2.45, 2.75) is 354 Å². The topological polar surface area (TPSA) is 78.9 Å². The van der Waals surface area contributed by atoms with Gasteiger partial charge in [-0.05, 0) is 51.4 Å². The molecular formula is C66H122O6. The molecule has 0 spiro atoms. The van der Waals surface area contributed by atoms with Crippen molar-refractivity contribution in [3.63, 3.8) is 0 Å². The standard InChI is InChI=1S/C66H122O6/c1-4-7-10-13-16-19-22-25-28-30-31-32-33-34-36-38-41-44-47-50-53-56-59-65(68)71-62-63(61-70-64(67)58-55-52-49-46-43-40-37-27-24-21-18-15-12-9-6-3)72-66(69)60-57-54-51-48-45-42-39-35-29-26-23-20-17-14-11-8-5-2/h8,11,17,20,26,29,63H,4-7,9-10,12-16,18-19,21-25,27-28,30-62H2,1-3H3/b11-8-,20-17-,29-26-. The maximum absolute atomic E-state index is 12.9. The lowest BCUT2D eigenvalue weighted by Gasteiger charge is -2.18. The number of unbranched alkanes of at least 4 members (excludes halogenated alkanes) is 42. The lowest BCUT2D eigenvalue weighted by Crippen LogP contribution is -2.30. The van der Waals surface area contributed by atoms with Crippen molar-refractivity contribution < 1.29 is 28.6 Å². The molecule has 0 aromatic heterocycles. The Morgan fingerprint density at radius 3 is 0.847 bits per heavy atom. The summed E-state index contributed by atoms with van der Waals surface area (Å²) in [5, 5.41) is 0. The van der Waals surface area contributed by atoms with Crippen LogP contribution in [0.4, 0.5) is 0 Å². The van der Waals surface area contributed by atoms with Gasteiger partial charge in [-0.3, -0.25) is 14.4 Å². The summed E-state index contributed by atoms with van der Waals surface area (Å²) in [6, 6.07) is 0. The number of ether oxygens (including phenoxy) is 3. The molecule has 6 heteroatoms. The molecule has 1 atom stereocenters. The van der Waals surface area contributed by atoms with Crippen LogP contribution < -0.4 is 0 Å². The minimum Gasteiger partial charge on any atom is -0.462 e. The Kier molecular flexibility index (Phi) is 59.2. The molecule has 0 heterocycles. The van der Waals surface area contributed by atoms with Crippen LogP contribution in [0.1, 0.15) is 348 Å². The minimum absolute atomic E-state index is 0.0708. The maximum Gasteiger partial charge on any atom is 0.306 e. The number of esters is 3. The Hall–Kier alpha value is -2.37. The van der Waals surface area contributed by atoms with Crippen molar-refractivity contribution in [1.82, 2.24) is 0 Å². The van der Waals surface area contributed by atoms with E-state index in [1.165, 1.54) is 225 Å². The Bertz CT molecular complexity index is 1210. The fourth-order valence-electron chi connectivity index (χ4n) is 9.64. The average Bonchev–Trinajstić information content (AvgIpc) is 3.38. The average molecular weight is 1010 g/mol. The van der Waals surface area contributed by atoms with Crippen LogP contribution in [0.3, 0.4) is 0 Å². The molecular weight excluding hydrogens is 889 g/mol. The highest BCUT2D eigenvalue weighted by Crippen LogP contribution is 2.18. The Balaban J connectivity index is 4.29. The predicted molar refractivity (Wildman–Crippen MR) is 312 cm³/mol. The third-order valence-corrected chi connectivity index (χ3v) is 14.4. The summed E-state index contributed by atoms with van der Waals surface area (Å²) in [6.45, 7) is 6.59. The summed E-state index contributed by atoms with van der Waals surface area (Å²) >= 11 is 0. The van der Waals surface area contributed by atoms with Gasteiger partial charge in [0.2, 0.25) is 0 Å². The van der Waals surface area contributed by atoms with Crippen molar-refractivity contribution in [3.8, 4) is 0 Å². The zero-order chi connectivity index (χ0) is 52.2. The molecule has 0 aliphatic rings. The number of carbonyl (C=O) groups excluding carboxylic acids is 3. The van der Waals surface area contributed by atoms with E-state index in [-0.39, 0.29) is 31.1 Å². The Labute approximate surface area is 448 Å². The minimum atomic E-state index is -0.774. The van der Waals surface area contributed by atoms with Crippen LogP contribution in [0.5, 0.6) is 0 Å². The van der Waals surface area contributed by atoms with E-state index in [2.05, 4.69) is 57.2 Å². The maximum atomic E-state index is 12.9. The highest BCUT2D eigenvalue weighted by Gasteiger charge is 2.19. The molecule has 1 unspecified atom stereocenters. The summed E-state index contributed by atoms with van der Waals surface area (Å²) < 4.78 is 16.9. The van der Waals surface area contributed by atoms with Gasteiger partial charge in [0, 0.05) is 19.3 Å². The van der Waals surface area contributed by atoms with Crippen LogP contribution in [0.15, 0.2) is 36.5 Å². The summed E-state index contributed by atoms with van der Waals surface area (Å²) in [5.74, 6) is -0.855. The van der Waals surface area contributed by atoms with E-state index in [4.69, 9.17) is 14.2 Å². The molecule has 422 valence electrons. The molecule has 0 aromatic carbocycles. The highest BCUT2D eigenvalue weighted by atomic mass is 16.6. The first-order chi connectivity index (χ1) is 35.5. The second-order valence-corrected chi connectivity index (χ2v) is 21.7. The second-order valence-electron chi connectivity index (χ2n) is 21.7. The molecule has 0 N–H and O–H groups in total. The molecule has 72 heavy (non-hydrogen) atoms. The molecule has 0 aromatic rings. The van der Waals surface area contributed by atoms with Crippen LogP contribution in [-0.4, -0.2) is 37.2 Å². The Morgan fingerprint density at radius 1 is 0.292 bits per heavy atom. The number of hydrogen-bond acceptors (Lipinski definition) is 6. The van der Waals surface area contributed by atoms with E-state index in [1.807, 2.05) is 0 Å². The van der Waals surface area contributed by atoms with Crippen LogP contribution >= 0.6 is 0 Å². The van der Waals surface area contributed by atoms with E-state index in [9.17, 15) is 14.4 Å². The normalized spacial score (nSPS) is 12.2. The summed E-state index contributed by atoms with van der Waals surface area (Å²) in [4.78, 5) is 38.3. The molecule has 0 bridgehead atoms. The van der Waals surface area contributed by atoms with Gasteiger partial charge >= 0.3 is 17.9 Å². The number of rotatable bonds is 59. The SMILES string of the molecule is CC/C=C\C/C=C\C/C=C\CCCCCCCCCC(=O)OC(COC(=O)CCCCCCCCCCCCCCCCC)COC(=O)CCCCCCCCCCCCCCCCCCCCCCCC. The lowest BCUT2D eigenvalue weighted by molar-refractivity contribution is -0.167. The van der Waals surface area contributed by atoms with E-state index < -0.39 is 6.10 Å². The van der Waals surface area contributed by atoms with Crippen LogP contribution in [0.2, 0.25) is 0 Å². The van der Waals surface area contributed by atoms with Gasteiger partial charge in [-0.25, -0.2) is 0 Å². The zero-order valence-corrected chi connectivity index (χ0v) is 48.5. The molecule has 0 saturated heterocycles. The van der Waals surface area contributed by atoms with Gasteiger partial charge in [0.05, 0.1) is 0 Å². The summed E-state index contributed by atoms with van der Waals surface area (Å²) in [7, 11) is 0. The van der Waals surface area contributed by atoms with E-state index in [1.54, 1.807) is 0 Å². The largest absolute Gasteiger partial charge is 0.462 e. The first kappa shape index (κ1) is 69.6. The number of hydrogen-bond donors (Lipinski definition) is 0. The first-order valence-electron chi connectivity index (χ1n) is 32.0. The number of allylic oxidation sites excluding steroid dienone is 6. The Morgan fingerprint density at radius 2 is 0.542 bits per heavy atom. The molecule has 6 nitrogen and oxygen atoms in total. The van der Waals surface area contributed by atoms with E-state index in [0.29, 0.717) is 19.3 Å². The van der Waals surface area contributed by atoms with Crippen LogP contribution in [-0.2, 0) is 28.6 Å². The van der Waals surface area contributed by atoms with Crippen molar-refractivity contribution in [2.24, 2.45) is 0 Å². The molecule has 0 aliphatic carbocycles. The van der Waals surface area contributed by atoms with Gasteiger partial charge in [-0.2, -0.15) is 0 Å². The highest BCUT2D eigenvalue weighted by molar-refractivity contribution is 5.71. The van der Waals surface area contributed by atoms with Crippen molar-refractivity contribution >= 4 is 17.9 Å². The monoisotopic (exact) mass is 1010 g/mol. The van der Waals surface area contributed by atoms with Crippen LogP contribution in [0.25, 0.3) is 0 Å². The van der Waals surface area contributed by atoms with Gasteiger partial charge < -0.3 is 14.2 Å². The predicted octanol–water partition coefficient (Wildman–Crippen LogP) is 21.6.